The highest BCUT2D eigenvalue weighted by Crippen LogP contribution is 2.28. The van der Waals surface area contributed by atoms with E-state index in [2.05, 4.69) is 6.58 Å². The highest BCUT2D eigenvalue weighted by Gasteiger charge is 2.25. The molecule has 25 heavy (non-hydrogen) atoms. The summed E-state index contributed by atoms with van der Waals surface area (Å²) in [7, 11) is 1.60. The number of amides is 1. The van der Waals surface area contributed by atoms with Crippen LogP contribution in [0.4, 0.5) is 0 Å². The molecular formula is C19H29ClN2O3. The molecule has 0 saturated carbocycles. The van der Waals surface area contributed by atoms with Crippen molar-refractivity contribution in [2.75, 3.05) is 26.8 Å². The molecule has 140 valence electrons. The first kappa shape index (κ1) is 21.3. The molecule has 0 aromatic heterocycles. The maximum Gasteiger partial charge on any atom is 0.260 e. The highest BCUT2D eigenvalue weighted by molar-refractivity contribution is 5.85. The van der Waals surface area contributed by atoms with Gasteiger partial charge in [-0.25, -0.2) is 0 Å². The van der Waals surface area contributed by atoms with E-state index in [-0.39, 0.29) is 31.0 Å². The summed E-state index contributed by atoms with van der Waals surface area (Å²) in [6.07, 6.45) is 4.53. The molecule has 0 bridgehead atoms. The lowest BCUT2D eigenvalue weighted by Crippen LogP contribution is -2.44. The number of halogens is 1. The normalized spacial score (nSPS) is 15.9. The SMILES string of the molecule is C=CCc1ccc(OCC(=O)N2CCC(C(C)N)CC2)c(OC)c1.Cl. The molecule has 1 aliphatic heterocycles. The first-order valence-corrected chi connectivity index (χ1v) is 8.49. The largest absolute Gasteiger partial charge is 0.493 e. The molecule has 1 unspecified atom stereocenters. The summed E-state index contributed by atoms with van der Waals surface area (Å²) >= 11 is 0. The smallest absolute Gasteiger partial charge is 0.260 e. The van der Waals surface area contributed by atoms with Gasteiger partial charge in [-0.1, -0.05) is 12.1 Å². The van der Waals surface area contributed by atoms with Gasteiger partial charge in [0.15, 0.2) is 18.1 Å². The Bertz CT molecular complexity index is 570. The van der Waals surface area contributed by atoms with Crippen molar-refractivity contribution in [3.8, 4) is 11.5 Å². The number of rotatable bonds is 7. The number of hydrogen-bond acceptors (Lipinski definition) is 4. The molecule has 0 aliphatic carbocycles. The van der Waals surface area contributed by atoms with Gasteiger partial charge in [-0.15, -0.1) is 19.0 Å². The second-order valence-electron chi connectivity index (χ2n) is 6.34. The predicted molar refractivity (Wildman–Crippen MR) is 103 cm³/mol. The van der Waals surface area contributed by atoms with E-state index in [0.717, 1.165) is 37.9 Å². The molecule has 1 saturated heterocycles. The molecule has 0 spiro atoms. The van der Waals surface area contributed by atoms with Crippen molar-refractivity contribution < 1.29 is 14.3 Å². The Morgan fingerprint density at radius 2 is 2.08 bits per heavy atom. The average Bonchev–Trinajstić information content (AvgIpc) is 2.60. The summed E-state index contributed by atoms with van der Waals surface area (Å²) in [5.41, 5.74) is 7.04. The summed E-state index contributed by atoms with van der Waals surface area (Å²) in [4.78, 5) is 14.2. The second-order valence-corrected chi connectivity index (χ2v) is 6.34. The van der Waals surface area contributed by atoms with Gasteiger partial charge in [-0.2, -0.15) is 0 Å². The molecule has 2 N–H and O–H groups in total. The van der Waals surface area contributed by atoms with Gasteiger partial charge in [-0.3, -0.25) is 4.79 Å². The molecule has 1 heterocycles. The maximum absolute atomic E-state index is 12.3. The third-order valence-corrected chi connectivity index (χ3v) is 4.60. The van der Waals surface area contributed by atoms with Gasteiger partial charge in [0.05, 0.1) is 7.11 Å². The van der Waals surface area contributed by atoms with Crippen LogP contribution in [0, 0.1) is 5.92 Å². The Labute approximate surface area is 156 Å². The van der Waals surface area contributed by atoms with Crippen LogP contribution in [0.2, 0.25) is 0 Å². The lowest BCUT2D eigenvalue weighted by molar-refractivity contribution is -0.134. The number of carbonyl (C=O) groups excluding carboxylic acids is 1. The molecule has 1 atom stereocenters. The van der Waals surface area contributed by atoms with Gasteiger partial charge in [0.25, 0.3) is 5.91 Å². The van der Waals surface area contributed by atoms with Gasteiger partial charge >= 0.3 is 0 Å². The number of hydrogen-bond donors (Lipinski definition) is 1. The standard InChI is InChI=1S/C19H28N2O3.ClH/c1-4-5-15-6-7-17(18(12-15)23-3)24-13-19(22)21-10-8-16(9-11-21)14(2)20;/h4,6-7,12,14,16H,1,5,8-11,13,20H2,2-3H3;1H. The van der Waals surface area contributed by atoms with Crippen molar-refractivity contribution in [3.63, 3.8) is 0 Å². The zero-order valence-electron chi connectivity index (χ0n) is 15.1. The summed E-state index contributed by atoms with van der Waals surface area (Å²) < 4.78 is 11.0. The topological polar surface area (TPSA) is 64.8 Å². The van der Waals surface area contributed by atoms with Crippen molar-refractivity contribution in [1.29, 1.82) is 0 Å². The van der Waals surface area contributed by atoms with E-state index in [1.165, 1.54) is 0 Å². The van der Waals surface area contributed by atoms with E-state index in [1.54, 1.807) is 7.11 Å². The summed E-state index contributed by atoms with van der Waals surface area (Å²) in [6, 6.07) is 5.90. The van der Waals surface area contributed by atoms with Crippen LogP contribution in [-0.2, 0) is 11.2 Å². The second kappa shape index (κ2) is 10.3. The third-order valence-electron chi connectivity index (χ3n) is 4.60. The van der Waals surface area contributed by atoms with Gasteiger partial charge in [0, 0.05) is 19.1 Å². The number of piperidine rings is 1. The molecular weight excluding hydrogens is 340 g/mol. The van der Waals surface area contributed by atoms with Crippen molar-refractivity contribution in [1.82, 2.24) is 4.90 Å². The van der Waals surface area contributed by atoms with Gasteiger partial charge in [-0.05, 0) is 49.8 Å². The van der Waals surface area contributed by atoms with Crippen LogP contribution in [0.5, 0.6) is 11.5 Å². The molecule has 1 aromatic rings. The summed E-state index contributed by atoms with van der Waals surface area (Å²) in [6.45, 7) is 7.30. The molecule has 1 aromatic carbocycles. The van der Waals surface area contributed by atoms with Crippen LogP contribution >= 0.6 is 12.4 Å². The average molecular weight is 369 g/mol. The zero-order valence-corrected chi connectivity index (χ0v) is 15.9. The van der Waals surface area contributed by atoms with Crippen LogP contribution < -0.4 is 15.2 Å². The Hall–Kier alpha value is -1.72. The lowest BCUT2D eigenvalue weighted by atomic mass is 9.91. The third kappa shape index (κ3) is 5.94. The number of ether oxygens (including phenoxy) is 2. The maximum atomic E-state index is 12.3. The summed E-state index contributed by atoms with van der Waals surface area (Å²) in [5, 5.41) is 0. The van der Waals surface area contributed by atoms with E-state index < -0.39 is 0 Å². The fourth-order valence-corrected chi connectivity index (χ4v) is 3.03. The Morgan fingerprint density at radius 3 is 2.64 bits per heavy atom. The highest BCUT2D eigenvalue weighted by atomic mass is 35.5. The van der Waals surface area contributed by atoms with Crippen LogP contribution in [0.15, 0.2) is 30.9 Å². The van der Waals surface area contributed by atoms with E-state index in [0.29, 0.717) is 17.4 Å². The van der Waals surface area contributed by atoms with Crippen LogP contribution in [-0.4, -0.2) is 43.7 Å². The van der Waals surface area contributed by atoms with Crippen LogP contribution in [0.3, 0.4) is 0 Å². The monoisotopic (exact) mass is 368 g/mol. The van der Waals surface area contributed by atoms with Crippen LogP contribution in [0.25, 0.3) is 0 Å². The predicted octanol–water partition coefficient (Wildman–Crippen LogP) is 2.81. The van der Waals surface area contributed by atoms with E-state index >= 15 is 0 Å². The Morgan fingerprint density at radius 1 is 1.40 bits per heavy atom. The molecule has 1 fully saturated rings. The minimum Gasteiger partial charge on any atom is -0.493 e. The zero-order chi connectivity index (χ0) is 17.5. The van der Waals surface area contributed by atoms with E-state index in [9.17, 15) is 4.79 Å². The Kier molecular flexibility index (Phi) is 8.79. The Balaban J connectivity index is 0.00000312. The summed E-state index contributed by atoms with van der Waals surface area (Å²) in [5.74, 6) is 1.74. The quantitative estimate of drug-likeness (QED) is 0.751. The van der Waals surface area contributed by atoms with Gasteiger partial charge in [0.2, 0.25) is 0 Å². The minimum absolute atomic E-state index is 0. The van der Waals surface area contributed by atoms with Crippen molar-refractivity contribution in [3.05, 3.63) is 36.4 Å². The number of allylic oxidation sites excluding steroid dienone is 1. The van der Waals surface area contributed by atoms with Crippen molar-refractivity contribution in [2.24, 2.45) is 11.7 Å². The molecule has 1 amide bonds. The van der Waals surface area contributed by atoms with E-state index in [4.69, 9.17) is 15.2 Å². The number of likely N-dealkylation sites (tertiary alicyclic amines) is 1. The first-order chi connectivity index (χ1) is 11.5. The van der Waals surface area contributed by atoms with Gasteiger partial charge in [0.1, 0.15) is 0 Å². The van der Waals surface area contributed by atoms with Crippen molar-refractivity contribution in [2.45, 2.75) is 32.2 Å². The fraction of sp³-hybridized carbons (Fsp3) is 0.526. The fourth-order valence-electron chi connectivity index (χ4n) is 3.03. The minimum atomic E-state index is 0. The lowest BCUT2D eigenvalue weighted by Gasteiger charge is -2.33. The number of carbonyl (C=O) groups is 1. The van der Waals surface area contributed by atoms with Crippen LogP contribution in [0.1, 0.15) is 25.3 Å². The number of benzene rings is 1. The molecule has 1 aliphatic rings. The molecule has 0 radical (unpaired) electrons. The first-order valence-electron chi connectivity index (χ1n) is 8.49. The van der Waals surface area contributed by atoms with Gasteiger partial charge < -0.3 is 20.1 Å². The molecule has 5 nitrogen and oxygen atoms in total. The number of methoxy groups -OCH3 is 1. The molecule has 6 heteroatoms. The molecule has 2 rings (SSSR count). The number of nitrogens with two attached hydrogens (primary N) is 1. The van der Waals surface area contributed by atoms with E-state index in [1.807, 2.05) is 36.1 Å². The number of nitrogens with zero attached hydrogens (tertiary/aromatic N) is 1. The van der Waals surface area contributed by atoms with Crippen molar-refractivity contribution >= 4 is 18.3 Å².